The quantitative estimate of drug-likeness (QED) is 0.239. The van der Waals surface area contributed by atoms with Crippen LogP contribution in [0.2, 0.25) is 5.02 Å². The average molecular weight is 523 g/mol. The lowest BCUT2D eigenvalue weighted by Gasteiger charge is -2.12. The van der Waals surface area contributed by atoms with Gasteiger partial charge in [-0.1, -0.05) is 11.6 Å². The molecule has 0 fully saturated rings. The number of nitrogens with one attached hydrogen (secondary N) is 1. The van der Waals surface area contributed by atoms with Crippen molar-refractivity contribution in [2.24, 2.45) is 0 Å². The first-order valence-electron chi connectivity index (χ1n) is 7.93. The van der Waals surface area contributed by atoms with E-state index < -0.39 is 76.6 Å². The van der Waals surface area contributed by atoms with Crippen molar-refractivity contribution in [2.75, 3.05) is 11.1 Å². The van der Waals surface area contributed by atoms with Gasteiger partial charge >= 0.3 is 11.7 Å². The lowest BCUT2D eigenvalue weighted by atomic mass is 10.2. The molecule has 16 heteroatoms. The molecule has 2 aromatic carbocycles. The maximum atomic E-state index is 12.8. The first kappa shape index (κ1) is 25.7. The second-order valence-corrected chi connectivity index (χ2v) is 9.44. The minimum atomic E-state index is -4.79. The van der Waals surface area contributed by atoms with E-state index in [9.17, 15) is 49.7 Å². The van der Waals surface area contributed by atoms with Crippen LogP contribution in [0.5, 0.6) is 0 Å². The number of nitro benzene ring substituents is 1. The molecule has 0 aliphatic carbocycles. The van der Waals surface area contributed by atoms with Gasteiger partial charge in [0.2, 0.25) is 5.91 Å². The van der Waals surface area contributed by atoms with Gasteiger partial charge in [0.15, 0.2) is 9.84 Å². The first-order chi connectivity index (χ1) is 14.5. The summed E-state index contributed by atoms with van der Waals surface area (Å²) in [6.07, 6.45) is -4.78. The van der Waals surface area contributed by atoms with Gasteiger partial charge in [0.05, 0.1) is 21.2 Å². The molecule has 1 N–H and O–H groups in total. The van der Waals surface area contributed by atoms with Gasteiger partial charge in [-0.3, -0.25) is 14.9 Å². The summed E-state index contributed by atoms with van der Waals surface area (Å²) in [4.78, 5) is 20.3. The lowest BCUT2D eigenvalue weighted by Crippen LogP contribution is -2.24. The molecule has 32 heavy (non-hydrogen) atoms. The number of halogens is 7. The highest BCUT2D eigenvalue weighted by Gasteiger charge is 2.34. The van der Waals surface area contributed by atoms with Crippen molar-refractivity contribution >= 4 is 50.5 Å². The van der Waals surface area contributed by atoms with Crippen LogP contribution in [-0.4, -0.2) is 30.5 Å². The molecule has 174 valence electrons. The predicted molar refractivity (Wildman–Crippen MR) is 102 cm³/mol. The predicted octanol–water partition coefficient (Wildman–Crippen LogP) is 5.29. The highest BCUT2D eigenvalue weighted by molar-refractivity contribution is 8.00. The normalized spacial score (nSPS) is 12.5. The number of amides is 1. The monoisotopic (exact) mass is 522 g/mol. The van der Waals surface area contributed by atoms with E-state index in [2.05, 4.69) is 0 Å². The Morgan fingerprint density at radius 2 is 1.72 bits per heavy atom. The fourth-order valence-corrected chi connectivity index (χ4v) is 4.37. The fourth-order valence-electron chi connectivity index (χ4n) is 2.33. The van der Waals surface area contributed by atoms with Gasteiger partial charge in [0.1, 0.15) is 10.6 Å². The smallest absolute Gasteiger partial charge is 0.324 e. The van der Waals surface area contributed by atoms with Crippen molar-refractivity contribution < 1.29 is 44.5 Å². The Bertz CT molecular complexity index is 1170. The van der Waals surface area contributed by atoms with Crippen molar-refractivity contribution in [3.05, 3.63) is 57.1 Å². The van der Waals surface area contributed by atoms with Crippen molar-refractivity contribution in [1.29, 1.82) is 0 Å². The summed E-state index contributed by atoms with van der Waals surface area (Å²) in [6.45, 7) is 0. The van der Waals surface area contributed by atoms with Gasteiger partial charge in [-0.15, -0.1) is 0 Å². The van der Waals surface area contributed by atoms with Gasteiger partial charge < -0.3 is 5.32 Å². The van der Waals surface area contributed by atoms with E-state index in [1.165, 1.54) is 0 Å². The number of sulfone groups is 1. The molecule has 2 rings (SSSR count). The number of benzene rings is 2. The van der Waals surface area contributed by atoms with Crippen molar-refractivity contribution in [2.45, 2.75) is 21.5 Å². The summed E-state index contributed by atoms with van der Waals surface area (Å²) in [7, 11) is -4.78. The van der Waals surface area contributed by atoms with E-state index >= 15 is 0 Å². The summed E-state index contributed by atoms with van der Waals surface area (Å²) >= 11 is 4.99. The number of carbonyl (C=O) groups excluding carboxylic acids is 1. The van der Waals surface area contributed by atoms with E-state index in [1.54, 1.807) is 0 Å². The highest BCUT2D eigenvalue weighted by Crippen LogP contribution is 2.39. The van der Waals surface area contributed by atoms with Crippen molar-refractivity contribution in [3.63, 3.8) is 0 Å². The minimum Gasteiger partial charge on any atom is -0.324 e. The second-order valence-electron chi connectivity index (χ2n) is 5.93. The number of carbonyl (C=O) groups is 1. The summed E-state index contributed by atoms with van der Waals surface area (Å²) in [5.41, 5.74) is -7.75. The maximum absolute atomic E-state index is 12.8. The fraction of sp³-hybridized carbons (Fsp3) is 0.188. The van der Waals surface area contributed by atoms with Crippen LogP contribution >= 0.6 is 23.4 Å². The second kappa shape index (κ2) is 9.15. The molecule has 0 radical (unpaired) electrons. The number of anilines is 1. The lowest BCUT2D eigenvalue weighted by molar-refractivity contribution is -0.388. The highest BCUT2D eigenvalue weighted by atomic mass is 35.5. The number of hydrogen-bond donors (Lipinski definition) is 1. The number of nitrogens with zero attached hydrogens (tertiary/aromatic N) is 1. The molecule has 0 saturated carbocycles. The van der Waals surface area contributed by atoms with Crippen LogP contribution < -0.4 is 5.32 Å². The first-order valence-corrected chi connectivity index (χ1v) is 10.8. The Hall–Kier alpha value is -2.52. The van der Waals surface area contributed by atoms with Gasteiger partial charge in [-0.05, 0) is 42.1 Å². The van der Waals surface area contributed by atoms with E-state index in [-0.39, 0.29) is 5.02 Å². The molecular formula is C16H9ClF6N2O5S2. The van der Waals surface area contributed by atoms with Gasteiger partial charge in [-0.25, -0.2) is 8.42 Å². The third kappa shape index (κ3) is 6.74. The van der Waals surface area contributed by atoms with Crippen LogP contribution in [0.15, 0.2) is 46.2 Å². The van der Waals surface area contributed by atoms with Crippen LogP contribution in [0.25, 0.3) is 0 Å². The molecular weight excluding hydrogens is 514 g/mol. The van der Waals surface area contributed by atoms with Crippen molar-refractivity contribution in [1.82, 2.24) is 0 Å². The molecule has 2 aromatic rings. The summed E-state index contributed by atoms with van der Waals surface area (Å²) in [6, 6.07) is 3.48. The Labute approximate surface area is 184 Å². The number of alkyl halides is 6. The zero-order valence-corrected chi connectivity index (χ0v) is 17.5. The number of nitro groups is 1. The molecule has 0 bridgehead atoms. The molecule has 0 heterocycles. The average Bonchev–Trinajstić information content (AvgIpc) is 2.60. The Balaban J connectivity index is 2.32. The minimum absolute atomic E-state index is 0.344. The molecule has 0 aliphatic rings. The van der Waals surface area contributed by atoms with Crippen LogP contribution in [-0.2, 0) is 20.8 Å². The van der Waals surface area contributed by atoms with Gasteiger partial charge in [0, 0.05) is 11.0 Å². The van der Waals surface area contributed by atoms with E-state index in [1.807, 2.05) is 5.32 Å². The molecule has 0 aromatic heterocycles. The largest absolute Gasteiger partial charge is 0.446 e. The van der Waals surface area contributed by atoms with E-state index in [4.69, 9.17) is 11.6 Å². The standard InChI is InChI=1S/C16H9ClF6N2O5S2/c17-10-3-1-8(15(18,19)20)5-11(10)24-14(26)7-32(29,30)13-4-2-9(31-16(21,22)23)6-12(13)25(27)28/h1-6H,7H2,(H,24,26). The molecule has 0 aliphatic heterocycles. The Kier molecular flexibility index (Phi) is 7.36. The van der Waals surface area contributed by atoms with Gasteiger partial charge in [-0.2, -0.15) is 26.3 Å². The molecule has 0 spiro atoms. The zero-order valence-electron chi connectivity index (χ0n) is 15.1. The molecule has 7 nitrogen and oxygen atoms in total. The van der Waals surface area contributed by atoms with Crippen LogP contribution in [0.1, 0.15) is 5.56 Å². The van der Waals surface area contributed by atoms with Crippen molar-refractivity contribution in [3.8, 4) is 0 Å². The summed E-state index contributed by atoms with van der Waals surface area (Å²) in [5.74, 6) is -2.83. The van der Waals surface area contributed by atoms with Crippen LogP contribution in [0.4, 0.5) is 37.7 Å². The molecule has 0 unspecified atom stereocenters. The molecule has 0 atom stereocenters. The molecule has 1 amide bonds. The third-order valence-corrected chi connectivity index (χ3v) is 6.29. The topological polar surface area (TPSA) is 106 Å². The third-order valence-electron chi connectivity index (χ3n) is 3.58. The van der Waals surface area contributed by atoms with Crippen LogP contribution in [0, 0.1) is 10.1 Å². The summed E-state index contributed by atoms with van der Waals surface area (Å²) < 4.78 is 101. The van der Waals surface area contributed by atoms with E-state index in [0.29, 0.717) is 30.3 Å². The van der Waals surface area contributed by atoms with Gasteiger partial charge in [0.25, 0.3) is 5.69 Å². The maximum Gasteiger partial charge on any atom is 0.446 e. The van der Waals surface area contributed by atoms with Crippen LogP contribution in [0.3, 0.4) is 0 Å². The number of rotatable bonds is 6. The number of thioether (sulfide) groups is 1. The summed E-state index contributed by atoms with van der Waals surface area (Å²) in [5, 5.41) is 12.7. The van der Waals surface area contributed by atoms with E-state index in [0.717, 1.165) is 6.07 Å². The number of hydrogen-bond acceptors (Lipinski definition) is 6. The zero-order chi connectivity index (χ0) is 24.5. The molecule has 0 saturated heterocycles. The Morgan fingerprint density at radius 1 is 1.09 bits per heavy atom. The Morgan fingerprint density at radius 3 is 2.25 bits per heavy atom. The SMILES string of the molecule is O=C(CS(=O)(=O)c1ccc(SC(F)(F)F)cc1[N+](=O)[O-])Nc1cc(C(F)(F)F)ccc1Cl.